The Kier molecular flexibility index (Phi) is 9.17. The molecule has 0 aromatic heterocycles. The van der Waals surface area contributed by atoms with Crippen molar-refractivity contribution in [2.24, 2.45) is 0 Å². The van der Waals surface area contributed by atoms with Crippen LogP contribution in [0.5, 0.6) is 0 Å². The lowest BCUT2D eigenvalue weighted by Gasteiger charge is -2.27. The molecule has 0 saturated carbocycles. The van der Waals surface area contributed by atoms with Crippen molar-refractivity contribution < 1.29 is 0 Å². The van der Waals surface area contributed by atoms with Gasteiger partial charge < -0.3 is 4.90 Å². The van der Waals surface area contributed by atoms with Gasteiger partial charge in [0.15, 0.2) is 0 Å². The first-order valence-electron chi connectivity index (χ1n) is 17.4. The van der Waals surface area contributed by atoms with E-state index in [1.54, 1.807) is 0 Å². The third-order valence-electron chi connectivity index (χ3n) is 9.25. The number of hydrogen-bond acceptors (Lipinski definition) is 1. The highest BCUT2D eigenvalue weighted by Gasteiger charge is 2.15. The number of anilines is 3. The molecule has 0 fully saturated rings. The molecule has 0 saturated heterocycles. The molecule has 0 unspecified atom stereocenters. The maximum atomic E-state index is 2.35. The van der Waals surface area contributed by atoms with E-state index in [2.05, 4.69) is 229 Å². The van der Waals surface area contributed by atoms with E-state index in [0.717, 1.165) is 17.1 Å². The number of benzene rings is 8. The molecule has 51 heavy (non-hydrogen) atoms. The Balaban J connectivity index is 1.08. The van der Waals surface area contributed by atoms with Crippen molar-refractivity contribution in [3.05, 3.63) is 223 Å². The highest BCUT2D eigenvalue weighted by Crippen LogP contribution is 2.39. The Morgan fingerprint density at radius 2 is 0.608 bits per heavy atom. The molecule has 0 heterocycles. The smallest absolute Gasteiger partial charge is 0.0467 e. The van der Waals surface area contributed by atoms with Crippen LogP contribution in [0.4, 0.5) is 17.1 Å². The van der Waals surface area contributed by atoms with Gasteiger partial charge in [-0.1, -0.05) is 182 Å². The highest BCUT2D eigenvalue weighted by molar-refractivity contribution is 5.83. The van der Waals surface area contributed by atoms with Gasteiger partial charge in [0.1, 0.15) is 0 Å². The molecule has 0 atom stereocenters. The first kappa shape index (κ1) is 31.6. The predicted octanol–water partition coefficient (Wildman–Crippen LogP) is 14.0. The Hall–Kier alpha value is -6.70. The fraction of sp³-hybridized carbons (Fsp3) is 0. The standard InChI is InChI=1S/C50H37N/c1-4-14-40(15-5-1)45-20-10-13-39(35-45)26-25-38-27-29-43(30-28-38)44-31-33-48(34-32-44)51(49-23-11-21-46(36-49)41-16-6-2-7-17-41)50-24-12-22-47(37-50)42-18-8-3-9-19-42/h1-37H/b26-25-. The minimum atomic E-state index is 1.10. The number of nitrogens with zero attached hydrogens (tertiary/aromatic N) is 1. The van der Waals surface area contributed by atoms with Crippen molar-refractivity contribution in [2.75, 3.05) is 4.90 Å². The molecule has 1 nitrogen and oxygen atoms in total. The van der Waals surface area contributed by atoms with Crippen LogP contribution in [0.15, 0.2) is 212 Å². The van der Waals surface area contributed by atoms with E-state index in [9.17, 15) is 0 Å². The molecule has 0 amide bonds. The van der Waals surface area contributed by atoms with Crippen LogP contribution in [-0.2, 0) is 0 Å². The van der Waals surface area contributed by atoms with Gasteiger partial charge in [0.2, 0.25) is 0 Å². The van der Waals surface area contributed by atoms with Gasteiger partial charge in [0, 0.05) is 17.1 Å². The van der Waals surface area contributed by atoms with Crippen molar-refractivity contribution in [2.45, 2.75) is 0 Å². The largest absolute Gasteiger partial charge is 0.310 e. The molecule has 242 valence electrons. The summed E-state index contributed by atoms with van der Waals surface area (Å²) in [5.41, 5.74) is 15.3. The van der Waals surface area contributed by atoms with E-state index >= 15 is 0 Å². The summed E-state index contributed by atoms with van der Waals surface area (Å²) in [7, 11) is 0. The molecule has 0 aliphatic heterocycles. The lowest BCUT2D eigenvalue weighted by molar-refractivity contribution is 1.28. The fourth-order valence-electron chi connectivity index (χ4n) is 6.59. The maximum Gasteiger partial charge on any atom is 0.0467 e. The van der Waals surface area contributed by atoms with Crippen LogP contribution < -0.4 is 4.90 Å². The summed E-state index contributed by atoms with van der Waals surface area (Å²) in [6, 6.07) is 75.7. The zero-order valence-electron chi connectivity index (χ0n) is 28.3. The minimum absolute atomic E-state index is 1.10. The summed E-state index contributed by atoms with van der Waals surface area (Å²) in [4.78, 5) is 2.35. The quantitative estimate of drug-likeness (QED) is 0.140. The van der Waals surface area contributed by atoms with Gasteiger partial charge in [-0.2, -0.15) is 0 Å². The summed E-state index contributed by atoms with van der Waals surface area (Å²) in [6.07, 6.45) is 4.37. The average molecular weight is 652 g/mol. The molecular weight excluding hydrogens is 615 g/mol. The van der Waals surface area contributed by atoms with E-state index in [1.165, 1.54) is 55.6 Å². The summed E-state index contributed by atoms with van der Waals surface area (Å²) in [5.74, 6) is 0. The number of rotatable bonds is 9. The van der Waals surface area contributed by atoms with Crippen molar-refractivity contribution in [1.82, 2.24) is 0 Å². The van der Waals surface area contributed by atoms with Gasteiger partial charge in [0.25, 0.3) is 0 Å². The van der Waals surface area contributed by atoms with Crippen LogP contribution in [0.1, 0.15) is 11.1 Å². The van der Waals surface area contributed by atoms with E-state index in [4.69, 9.17) is 0 Å². The van der Waals surface area contributed by atoms with Crippen molar-refractivity contribution in [3.63, 3.8) is 0 Å². The summed E-state index contributed by atoms with van der Waals surface area (Å²) in [6.45, 7) is 0. The second-order valence-electron chi connectivity index (χ2n) is 12.7. The highest BCUT2D eigenvalue weighted by atomic mass is 15.1. The summed E-state index contributed by atoms with van der Waals surface area (Å²) >= 11 is 0. The molecule has 0 bridgehead atoms. The summed E-state index contributed by atoms with van der Waals surface area (Å²) in [5, 5.41) is 0. The van der Waals surface area contributed by atoms with Gasteiger partial charge in [-0.05, 0) is 98.1 Å². The molecule has 1 heteroatoms. The molecule has 0 radical (unpaired) electrons. The second-order valence-corrected chi connectivity index (χ2v) is 12.7. The minimum Gasteiger partial charge on any atom is -0.310 e. The van der Waals surface area contributed by atoms with Gasteiger partial charge in [0.05, 0.1) is 0 Å². The van der Waals surface area contributed by atoms with E-state index in [-0.39, 0.29) is 0 Å². The van der Waals surface area contributed by atoms with E-state index in [1.807, 2.05) is 0 Å². The lowest BCUT2D eigenvalue weighted by Crippen LogP contribution is -2.10. The third kappa shape index (κ3) is 7.34. The molecule has 0 aliphatic carbocycles. The van der Waals surface area contributed by atoms with Crippen LogP contribution in [0, 0.1) is 0 Å². The Morgan fingerprint density at radius 1 is 0.235 bits per heavy atom. The first-order valence-corrected chi connectivity index (χ1v) is 17.4. The van der Waals surface area contributed by atoms with Crippen molar-refractivity contribution in [1.29, 1.82) is 0 Å². The molecule has 0 N–H and O–H groups in total. The predicted molar refractivity (Wildman–Crippen MR) is 218 cm³/mol. The molecule has 0 spiro atoms. The molecule has 8 aromatic carbocycles. The maximum absolute atomic E-state index is 2.35. The van der Waals surface area contributed by atoms with Gasteiger partial charge >= 0.3 is 0 Å². The zero-order chi connectivity index (χ0) is 34.2. The first-order chi connectivity index (χ1) is 25.3. The van der Waals surface area contributed by atoms with Crippen molar-refractivity contribution >= 4 is 29.2 Å². The normalized spacial score (nSPS) is 11.1. The van der Waals surface area contributed by atoms with Gasteiger partial charge in [-0.3, -0.25) is 0 Å². The van der Waals surface area contributed by atoms with Crippen LogP contribution in [0.3, 0.4) is 0 Å². The van der Waals surface area contributed by atoms with Crippen LogP contribution >= 0.6 is 0 Å². The fourth-order valence-corrected chi connectivity index (χ4v) is 6.59. The Labute approximate surface area is 301 Å². The van der Waals surface area contributed by atoms with E-state index < -0.39 is 0 Å². The van der Waals surface area contributed by atoms with Gasteiger partial charge in [-0.15, -0.1) is 0 Å². The molecular formula is C50H37N. The third-order valence-corrected chi connectivity index (χ3v) is 9.25. The van der Waals surface area contributed by atoms with E-state index in [0.29, 0.717) is 0 Å². The Morgan fingerprint density at radius 3 is 1.10 bits per heavy atom. The zero-order valence-corrected chi connectivity index (χ0v) is 28.3. The van der Waals surface area contributed by atoms with Crippen LogP contribution in [0.2, 0.25) is 0 Å². The second kappa shape index (κ2) is 14.8. The average Bonchev–Trinajstić information content (AvgIpc) is 3.22. The monoisotopic (exact) mass is 651 g/mol. The topological polar surface area (TPSA) is 3.24 Å². The molecule has 0 aliphatic rings. The SMILES string of the molecule is C(=C/c1cccc(-c2ccccc2)c1)/c1ccc(-c2ccc(N(c3cccc(-c4ccccc4)c3)c3cccc(-c4ccccc4)c3)cc2)cc1. The van der Waals surface area contributed by atoms with Crippen LogP contribution in [-0.4, -0.2) is 0 Å². The number of hydrogen-bond donors (Lipinski definition) is 0. The molecule has 8 rings (SSSR count). The molecule has 8 aromatic rings. The Bertz CT molecular complexity index is 2290. The van der Waals surface area contributed by atoms with Crippen LogP contribution in [0.25, 0.3) is 56.7 Å². The lowest BCUT2D eigenvalue weighted by atomic mass is 10.0. The van der Waals surface area contributed by atoms with Crippen molar-refractivity contribution in [3.8, 4) is 44.5 Å². The summed E-state index contributed by atoms with van der Waals surface area (Å²) < 4.78 is 0. The van der Waals surface area contributed by atoms with Gasteiger partial charge in [-0.25, -0.2) is 0 Å².